The molecule has 1 saturated heterocycles. The number of piperidine rings is 1. The summed E-state index contributed by atoms with van der Waals surface area (Å²) in [5.74, 6) is -0.102. The fraction of sp³-hybridized carbons (Fsp3) is 0.750. The van der Waals surface area contributed by atoms with Gasteiger partial charge in [0.15, 0.2) is 5.69 Å². The molecule has 1 fully saturated rings. The molecule has 0 aromatic carbocycles. The van der Waals surface area contributed by atoms with Gasteiger partial charge in [-0.3, -0.25) is 9.48 Å². The van der Waals surface area contributed by atoms with Crippen LogP contribution in [0.3, 0.4) is 0 Å². The van der Waals surface area contributed by atoms with Gasteiger partial charge in [-0.25, -0.2) is 0 Å². The fourth-order valence-corrected chi connectivity index (χ4v) is 3.12. The molecule has 0 unspecified atom stereocenters. The number of amides is 1. The molecule has 0 saturated carbocycles. The van der Waals surface area contributed by atoms with Crippen LogP contribution in [-0.2, 0) is 6.18 Å². The van der Waals surface area contributed by atoms with Gasteiger partial charge in [0.2, 0.25) is 0 Å². The maximum atomic E-state index is 13.3. The quantitative estimate of drug-likeness (QED) is 0.892. The van der Waals surface area contributed by atoms with E-state index in [0.717, 1.165) is 30.4 Å². The lowest BCUT2D eigenvalue weighted by atomic mass is 10.0. The van der Waals surface area contributed by atoms with E-state index >= 15 is 0 Å². The number of alkyl halides is 3. The number of carbonyl (C=O) groups excluding carboxylic acids is 1. The summed E-state index contributed by atoms with van der Waals surface area (Å²) in [6.07, 6.45) is -1.29. The Kier molecular flexibility index (Phi) is 5.90. The molecule has 1 aromatic heterocycles. The molecule has 1 N–H and O–H groups in total. The van der Waals surface area contributed by atoms with Crippen LogP contribution in [0.15, 0.2) is 6.20 Å². The van der Waals surface area contributed by atoms with E-state index in [2.05, 4.69) is 22.2 Å². The van der Waals surface area contributed by atoms with Crippen LogP contribution >= 0.6 is 0 Å². The Morgan fingerprint density at radius 3 is 2.75 bits per heavy atom. The van der Waals surface area contributed by atoms with Gasteiger partial charge >= 0.3 is 6.18 Å². The SMILES string of the molecule is CC(C)n1ncc(C(=O)NCCN2CCC[C@H](C)C2)c1C(F)(F)F. The molecule has 0 radical (unpaired) electrons. The summed E-state index contributed by atoms with van der Waals surface area (Å²) in [5, 5.41) is 6.33. The molecule has 1 aliphatic rings. The minimum absolute atomic E-state index is 0.329. The molecular formula is C16H25F3N4O. The third-order valence-electron chi connectivity index (χ3n) is 4.25. The molecule has 24 heavy (non-hydrogen) atoms. The van der Waals surface area contributed by atoms with Crippen molar-refractivity contribution in [2.45, 2.75) is 45.8 Å². The second-order valence-corrected chi connectivity index (χ2v) is 6.75. The summed E-state index contributed by atoms with van der Waals surface area (Å²) in [6, 6.07) is -0.474. The van der Waals surface area contributed by atoms with Gasteiger partial charge in [-0.15, -0.1) is 0 Å². The Morgan fingerprint density at radius 2 is 2.17 bits per heavy atom. The lowest BCUT2D eigenvalue weighted by Gasteiger charge is -2.30. The van der Waals surface area contributed by atoms with Crippen LogP contribution < -0.4 is 5.32 Å². The molecule has 2 rings (SSSR count). The zero-order chi connectivity index (χ0) is 17.9. The fourth-order valence-electron chi connectivity index (χ4n) is 3.12. The molecule has 1 amide bonds. The Labute approximate surface area is 140 Å². The topological polar surface area (TPSA) is 50.2 Å². The van der Waals surface area contributed by atoms with Crippen molar-refractivity contribution in [3.05, 3.63) is 17.5 Å². The molecule has 5 nitrogen and oxygen atoms in total. The second kappa shape index (κ2) is 7.55. The van der Waals surface area contributed by atoms with Crippen LogP contribution in [0, 0.1) is 5.92 Å². The highest BCUT2D eigenvalue weighted by Gasteiger charge is 2.40. The van der Waals surface area contributed by atoms with E-state index in [1.165, 1.54) is 6.42 Å². The number of halogens is 3. The number of nitrogens with zero attached hydrogens (tertiary/aromatic N) is 3. The highest BCUT2D eigenvalue weighted by atomic mass is 19.4. The number of hydrogen-bond acceptors (Lipinski definition) is 3. The molecule has 136 valence electrons. The zero-order valence-corrected chi connectivity index (χ0v) is 14.4. The lowest BCUT2D eigenvalue weighted by Crippen LogP contribution is -2.40. The van der Waals surface area contributed by atoms with Crippen molar-refractivity contribution in [1.82, 2.24) is 20.0 Å². The van der Waals surface area contributed by atoms with Gasteiger partial charge < -0.3 is 10.2 Å². The van der Waals surface area contributed by atoms with Gasteiger partial charge in [-0.2, -0.15) is 18.3 Å². The number of rotatable bonds is 5. The monoisotopic (exact) mass is 346 g/mol. The summed E-state index contributed by atoms with van der Waals surface area (Å²) in [6.45, 7) is 8.29. The van der Waals surface area contributed by atoms with E-state index in [0.29, 0.717) is 19.0 Å². The van der Waals surface area contributed by atoms with E-state index in [1.54, 1.807) is 13.8 Å². The van der Waals surface area contributed by atoms with Crippen molar-refractivity contribution in [2.75, 3.05) is 26.2 Å². The predicted molar refractivity (Wildman–Crippen MR) is 84.8 cm³/mol. The van der Waals surface area contributed by atoms with Crippen molar-refractivity contribution in [3.8, 4) is 0 Å². The number of nitrogens with one attached hydrogen (secondary N) is 1. The van der Waals surface area contributed by atoms with E-state index in [-0.39, 0.29) is 0 Å². The highest BCUT2D eigenvalue weighted by Crippen LogP contribution is 2.33. The first-order valence-electron chi connectivity index (χ1n) is 8.35. The summed E-state index contributed by atoms with van der Waals surface area (Å²) >= 11 is 0. The van der Waals surface area contributed by atoms with Crippen molar-refractivity contribution >= 4 is 5.91 Å². The normalized spacial score (nSPS) is 19.7. The molecule has 1 aliphatic heterocycles. The molecule has 2 heterocycles. The van der Waals surface area contributed by atoms with Crippen LogP contribution in [0.1, 0.15) is 55.7 Å². The van der Waals surface area contributed by atoms with Gasteiger partial charge in [-0.05, 0) is 39.2 Å². The highest BCUT2D eigenvalue weighted by molar-refractivity contribution is 5.95. The minimum atomic E-state index is -4.62. The van der Waals surface area contributed by atoms with E-state index < -0.39 is 29.4 Å². The first-order valence-corrected chi connectivity index (χ1v) is 8.35. The first-order chi connectivity index (χ1) is 11.2. The third kappa shape index (κ3) is 4.49. The van der Waals surface area contributed by atoms with Gasteiger partial charge in [-0.1, -0.05) is 6.92 Å². The van der Waals surface area contributed by atoms with E-state index in [4.69, 9.17) is 0 Å². The average molecular weight is 346 g/mol. The minimum Gasteiger partial charge on any atom is -0.351 e. The Hall–Kier alpha value is -1.57. The molecule has 1 aromatic rings. The van der Waals surface area contributed by atoms with E-state index in [1.807, 2.05) is 0 Å². The molecule has 0 spiro atoms. The number of aromatic nitrogens is 2. The Balaban J connectivity index is 1.99. The first kappa shape index (κ1) is 18.8. The molecule has 0 aliphatic carbocycles. The van der Waals surface area contributed by atoms with Gasteiger partial charge in [0.1, 0.15) is 0 Å². The molecular weight excluding hydrogens is 321 g/mol. The number of likely N-dealkylation sites (tertiary alicyclic amines) is 1. The maximum Gasteiger partial charge on any atom is 0.433 e. The van der Waals surface area contributed by atoms with Crippen LogP contribution in [0.5, 0.6) is 0 Å². The van der Waals surface area contributed by atoms with Crippen molar-refractivity contribution in [3.63, 3.8) is 0 Å². The summed E-state index contributed by atoms with van der Waals surface area (Å²) in [5.41, 5.74) is -1.40. The van der Waals surface area contributed by atoms with Gasteiger partial charge in [0.25, 0.3) is 5.91 Å². The number of hydrogen-bond donors (Lipinski definition) is 1. The number of carbonyl (C=O) groups is 1. The van der Waals surface area contributed by atoms with Crippen LogP contribution in [0.2, 0.25) is 0 Å². The third-order valence-corrected chi connectivity index (χ3v) is 4.25. The zero-order valence-electron chi connectivity index (χ0n) is 14.4. The summed E-state index contributed by atoms with van der Waals surface area (Å²) in [4.78, 5) is 14.4. The summed E-state index contributed by atoms with van der Waals surface area (Å²) < 4.78 is 40.7. The van der Waals surface area contributed by atoms with Crippen LogP contribution in [0.4, 0.5) is 13.2 Å². The Morgan fingerprint density at radius 1 is 1.46 bits per heavy atom. The lowest BCUT2D eigenvalue weighted by molar-refractivity contribution is -0.145. The van der Waals surface area contributed by atoms with Crippen LogP contribution in [-0.4, -0.2) is 46.8 Å². The Bertz CT molecular complexity index is 568. The molecule has 8 heteroatoms. The smallest absolute Gasteiger partial charge is 0.351 e. The standard InChI is InChI=1S/C16H25F3N4O/c1-11(2)23-14(16(17,18)19)13(9-21-23)15(24)20-6-8-22-7-4-5-12(3)10-22/h9,11-12H,4-8,10H2,1-3H3,(H,20,24)/t12-/m0/s1. The molecule has 1 atom stereocenters. The van der Waals surface area contributed by atoms with Crippen molar-refractivity contribution < 1.29 is 18.0 Å². The van der Waals surface area contributed by atoms with Crippen molar-refractivity contribution in [1.29, 1.82) is 0 Å². The van der Waals surface area contributed by atoms with Crippen LogP contribution in [0.25, 0.3) is 0 Å². The predicted octanol–water partition coefficient (Wildman–Crippen LogP) is 2.94. The summed E-state index contributed by atoms with van der Waals surface area (Å²) in [7, 11) is 0. The maximum absolute atomic E-state index is 13.3. The largest absolute Gasteiger partial charge is 0.433 e. The van der Waals surface area contributed by atoms with Crippen molar-refractivity contribution in [2.24, 2.45) is 5.92 Å². The molecule has 0 bridgehead atoms. The second-order valence-electron chi connectivity index (χ2n) is 6.75. The van der Waals surface area contributed by atoms with Gasteiger partial charge in [0.05, 0.1) is 11.8 Å². The van der Waals surface area contributed by atoms with Gasteiger partial charge in [0, 0.05) is 25.7 Å². The van der Waals surface area contributed by atoms with E-state index in [9.17, 15) is 18.0 Å². The average Bonchev–Trinajstić information content (AvgIpc) is 2.92.